The molecule has 0 saturated heterocycles. The molecule has 1 aliphatic carbocycles. The molecule has 1 aliphatic rings. The van der Waals surface area contributed by atoms with E-state index in [1.165, 1.54) is 0 Å². The van der Waals surface area contributed by atoms with E-state index >= 15 is 0 Å². The summed E-state index contributed by atoms with van der Waals surface area (Å²) in [5, 5.41) is 0. The first-order chi connectivity index (χ1) is 6.99. The Bertz CT molecular complexity index is 213. The number of ether oxygens (including phenoxy) is 1. The summed E-state index contributed by atoms with van der Waals surface area (Å²) < 4.78 is 5.12. The predicted octanol–water partition coefficient (Wildman–Crippen LogP) is 1.45. The average molecular weight is 214 g/mol. The molecular formula is C11H22N2O2. The van der Waals surface area contributed by atoms with Crippen LogP contribution >= 0.6 is 0 Å². The van der Waals surface area contributed by atoms with Gasteiger partial charge in [-0.15, -0.1) is 0 Å². The molecule has 0 aliphatic heterocycles. The molecule has 88 valence electrons. The molecule has 0 bridgehead atoms. The van der Waals surface area contributed by atoms with Crippen LogP contribution in [0.4, 0.5) is 4.79 Å². The third-order valence-corrected chi connectivity index (χ3v) is 2.66. The van der Waals surface area contributed by atoms with Crippen LogP contribution < -0.4 is 5.73 Å². The van der Waals surface area contributed by atoms with Crippen LogP contribution in [0.2, 0.25) is 0 Å². The highest BCUT2D eigenvalue weighted by Crippen LogP contribution is 2.26. The lowest BCUT2D eigenvalue weighted by molar-refractivity contribution is 0.0869. The summed E-state index contributed by atoms with van der Waals surface area (Å²) in [6, 6.07) is 0.343. The molecule has 4 nitrogen and oxygen atoms in total. The Kier molecular flexibility index (Phi) is 4.39. The summed E-state index contributed by atoms with van der Waals surface area (Å²) in [5.74, 6) is 0.955. The molecule has 0 spiro atoms. The first-order valence-corrected chi connectivity index (χ1v) is 5.62. The summed E-state index contributed by atoms with van der Waals surface area (Å²) in [6.07, 6.45) is 1.84. The van der Waals surface area contributed by atoms with Crippen LogP contribution in [0.1, 0.15) is 26.7 Å². The summed E-state index contributed by atoms with van der Waals surface area (Å²) in [5.41, 5.74) is 5.68. The van der Waals surface area contributed by atoms with E-state index < -0.39 is 0 Å². The van der Waals surface area contributed by atoms with Crippen molar-refractivity contribution in [3.05, 3.63) is 0 Å². The van der Waals surface area contributed by atoms with E-state index in [-0.39, 0.29) is 6.09 Å². The van der Waals surface area contributed by atoms with Crippen molar-refractivity contribution in [2.24, 2.45) is 17.6 Å². The Labute approximate surface area is 91.8 Å². The zero-order chi connectivity index (χ0) is 11.4. The number of rotatable bonds is 4. The number of nitrogens with two attached hydrogens (primary N) is 1. The molecule has 0 aromatic carbocycles. The van der Waals surface area contributed by atoms with E-state index in [4.69, 9.17) is 10.5 Å². The molecule has 0 aromatic rings. The molecule has 0 atom stereocenters. The van der Waals surface area contributed by atoms with Gasteiger partial charge in [-0.1, -0.05) is 13.8 Å². The fourth-order valence-corrected chi connectivity index (χ4v) is 1.75. The van der Waals surface area contributed by atoms with Crippen molar-refractivity contribution < 1.29 is 9.53 Å². The van der Waals surface area contributed by atoms with Gasteiger partial charge < -0.3 is 15.4 Å². The van der Waals surface area contributed by atoms with Crippen molar-refractivity contribution in [2.75, 3.05) is 20.2 Å². The van der Waals surface area contributed by atoms with Crippen molar-refractivity contribution in [1.82, 2.24) is 4.90 Å². The van der Waals surface area contributed by atoms with Crippen LogP contribution in [0, 0.1) is 11.8 Å². The van der Waals surface area contributed by atoms with E-state index in [0.29, 0.717) is 24.5 Å². The van der Waals surface area contributed by atoms with Gasteiger partial charge in [0, 0.05) is 19.6 Å². The molecule has 1 saturated carbocycles. The molecule has 0 unspecified atom stereocenters. The lowest BCUT2D eigenvalue weighted by atomic mass is 9.81. The highest BCUT2D eigenvalue weighted by atomic mass is 16.6. The Morgan fingerprint density at radius 2 is 2.13 bits per heavy atom. The molecule has 0 radical (unpaired) electrons. The molecule has 0 aromatic heterocycles. The quantitative estimate of drug-likeness (QED) is 0.770. The van der Waals surface area contributed by atoms with Crippen LogP contribution in [0.3, 0.4) is 0 Å². The lowest BCUT2D eigenvalue weighted by Crippen LogP contribution is -2.43. The molecule has 1 fully saturated rings. The van der Waals surface area contributed by atoms with Crippen LogP contribution in [0.15, 0.2) is 0 Å². The first-order valence-electron chi connectivity index (χ1n) is 5.62. The van der Waals surface area contributed by atoms with Crippen molar-refractivity contribution >= 4 is 6.09 Å². The highest BCUT2D eigenvalue weighted by molar-refractivity contribution is 5.67. The molecule has 4 heteroatoms. The number of hydrogen-bond acceptors (Lipinski definition) is 3. The van der Waals surface area contributed by atoms with Crippen LogP contribution in [0.25, 0.3) is 0 Å². The highest BCUT2D eigenvalue weighted by Gasteiger charge is 2.28. The van der Waals surface area contributed by atoms with E-state index in [0.717, 1.165) is 19.4 Å². The molecule has 0 heterocycles. The third-order valence-electron chi connectivity index (χ3n) is 2.66. The second kappa shape index (κ2) is 5.35. The Balaban J connectivity index is 2.15. The van der Waals surface area contributed by atoms with E-state index in [1.807, 2.05) is 13.8 Å². The average Bonchev–Trinajstić information content (AvgIpc) is 2.11. The monoisotopic (exact) mass is 214 g/mol. The number of hydrogen-bond donors (Lipinski definition) is 1. The number of nitrogens with zero attached hydrogens (tertiary/aromatic N) is 1. The molecular weight excluding hydrogens is 192 g/mol. The Morgan fingerprint density at radius 3 is 2.60 bits per heavy atom. The maximum absolute atomic E-state index is 11.5. The Hall–Kier alpha value is -0.770. The smallest absolute Gasteiger partial charge is 0.409 e. The van der Waals surface area contributed by atoms with Gasteiger partial charge in [0.2, 0.25) is 0 Å². The summed E-state index contributed by atoms with van der Waals surface area (Å²) in [4.78, 5) is 13.1. The SMILES string of the molecule is CC(C)COC(=O)N(C)CC1CC(N)C1. The van der Waals surface area contributed by atoms with Gasteiger partial charge >= 0.3 is 6.09 Å². The molecule has 1 rings (SSSR count). The van der Waals surface area contributed by atoms with Crippen molar-refractivity contribution in [1.29, 1.82) is 0 Å². The van der Waals surface area contributed by atoms with Gasteiger partial charge in [-0.05, 0) is 24.7 Å². The first kappa shape index (κ1) is 12.3. The summed E-state index contributed by atoms with van der Waals surface area (Å²) in [7, 11) is 1.78. The minimum atomic E-state index is -0.218. The van der Waals surface area contributed by atoms with Crippen LogP contribution in [-0.4, -0.2) is 37.2 Å². The Morgan fingerprint density at radius 1 is 1.53 bits per heavy atom. The summed E-state index contributed by atoms with van der Waals surface area (Å²) >= 11 is 0. The fourth-order valence-electron chi connectivity index (χ4n) is 1.75. The van der Waals surface area contributed by atoms with Gasteiger partial charge in [-0.25, -0.2) is 4.79 Å². The van der Waals surface area contributed by atoms with E-state index in [1.54, 1.807) is 11.9 Å². The van der Waals surface area contributed by atoms with Crippen molar-refractivity contribution in [3.63, 3.8) is 0 Å². The van der Waals surface area contributed by atoms with Crippen LogP contribution in [0.5, 0.6) is 0 Å². The van der Waals surface area contributed by atoms with Gasteiger partial charge in [0.1, 0.15) is 0 Å². The minimum absolute atomic E-state index is 0.218. The normalized spacial score (nSPS) is 24.9. The standard InChI is InChI=1S/C11H22N2O2/c1-8(2)7-15-11(14)13(3)6-9-4-10(12)5-9/h8-10H,4-7,12H2,1-3H3. The van der Waals surface area contributed by atoms with Gasteiger partial charge in [0.15, 0.2) is 0 Å². The predicted molar refractivity (Wildman–Crippen MR) is 59.5 cm³/mol. The van der Waals surface area contributed by atoms with E-state index in [2.05, 4.69) is 0 Å². The van der Waals surface area contributed by atoms with Crippen molar-refractivity contribution in [2.45, 2.75) is 32.7 Å². The van der Waals surface area contributed by atoms with E-state index in [9.17, 15) is 4.79 Å². The number of carbonyl (C=O) groups is 1. The lowest BCUT2D eigenvalue weighted by Gasteiger charge is -2.34. The zero-order valence-corrected chi connectivity index (χ0v) is 9.90. The second-order valence-electron chi connectivity index (χ2n) is 4.95. The number of carbonyl (C=O) groups excluding carboxylic acids is 1. The fraction of sp³-hybridized carbons (Fsp3) is 0.909. The molecule has 2 N–H and O–H groups in total. The van der Waals surface area contributed by atoms with Crippen molar-refractivity contribution in [3.8, 4) is 0 Å². The van der Waals surface area contributed by atoms with Crippen LogP contribution in [-0.2, 0) is 4.74 Å². The maximum atomic E-state index is 11.5. The largest absolute Gasteiger partial charge is 0.449 e. The number of amides is 1. The van der Waals surface area contributed by atoms with Gasteiger partial charge in [0.05, 0.1) is 6.61 Å². The summed E-state index contributed by atoms with van der Waals surface area (Å²) in [6.45, 7) is 5.31. The third kappa shape index (κ3) is 4.08. The topological polar surface area (TPSA) is 55.6 Å². The van der Waals surface area contributed by atoms with Gasteiger partial charge in [-0.2, -0.15) is 0 Å². The zero-order valence-electron chi connectivity index (χ0n) is 9.90. The minimum Gasteiger partial charge on any atom is -0.449 e. The molecule has 1 amide bonds. The second-order valence-corrected chi connectivity index (χ2v) is 4.95. The van der Waals surface area contributed by atoms with Gasteiger partial charge in [-0.3, -0.25) is 0 Å². The van der Waals surface area contributed by atoms with Gasteiger partial charge in [0.25, 0.3) is 0 Å². The molecule has 15 heavy (non-hydrogen) atoms. The maximum Gasteiger partial charge on any atom is 0.409 e.